The number of hydrogen-bond donors (Lipinski definition) is 0. The number of hydrogen-bond acceptors (Lipinski definition) is 4. The highest BCUT2D eigenvalue weighted by atomic mass is 16.6. The maximum absolute atomic E-state index is 13.1. The van der Waals surface area contributed by atoms with Crippen molar-refractivity contribution in [1.82, 2.24) is 14.4 Å². The zero-order valence-corrected chi connectivity index (χ0v) is 17.9. The molecule has 0 atom stereocenters. The third kappa shape index (κ3) is 6.04. The molecule has 164 valence electrons. The first-order valence-electron chi connectivity index (χ1n) is 10.5. The fourth-order valence-electron chi connectivity index (χ4n) is 3.41. The van der Waals surface area contributed by atoms with Gasteiger partial charge in [-0.05, 0) is 55.2 Å². The largest absolute Gasteiger partial charge is 0.353 e. The lowest BCUT2D eigenvalue weighted by Crippen LogP contribution is -2.43. The van der Waals surface area contributed by atoms with Crippen LogP contribution in [0.25, 0.3) is 6.08 Å². The number of non-ortho nitro benzene ring substituents is 1. The van der Waals surface area contributed by atoms with E-state index >= 15 is 0 Å². The summed E-state index contributed by atoms with van der Waals surface area (Å²) < 4.78 is 2.00. The zero-order chi connectivity index (χ0) is 22.4. The molecule has 1 fully saturated rings. The molecule has 31 heavy (non-hydrogen) atoms. The summed E-state index contributed by atoms with van der Waals surface area (Å²) in [6.07, 6.45) is 7.73. The summed E-state index contributed by atoms with van der Waals surface area (Å²) in [6, 6.07) is 10.2. The second kappa shape index (κ2) is 10.1. The van der Waals surface area contributed by atoms with Gasteiger partial charge in [0.05, 0.1) is 11.5 Å². The third-order valence-electron chi connectivity index (χ3n) is 5.35. The molecule has 0 saturated heterocycles. The molecule has 0 N–H and O–H groups in total. The van der Waals surface area contributed by atoms with Gasteiger partial charge in [-0.3, -0.25) is 19.7 Å². The average molecular weight is 425 g/mol. The number of aryl methyl sites for hydroxylation is 1. The van der Waals surface area contributed by atoms with E-state index in [1.807, 2.05) is 41.8 Å². The number of rotatable bonds is 10. The molecule has 0 aliphatic heterocycles. The molecule has 8 heteroatoms. The Balaban J connectivity index is 1.65. The fraction of sp³-hybridized carbons (Fsp3) is 0.391. The molecule has 2 aromatic rings. The molecule has 1 heterocycles. The minimum Gasteiger partial charge on any atom is -0.353 e. The molecule has 1 aromatic heterocycles. The topological polar surface area (TPSA) is 88.7 Å². The van der Waals surface area contributed by atoms with Crippen LogP contribution < -0.4 is 0 Å². The van der Waals surface area contributed by atoms with Gasteiger partial charge in [0.25, 0.3) is 5.69 Å². The van der Waals surface area contributed by atoms with Crippen molar-refractivity contribution in [2.75, 3.05) is 13.1 Å². The predicted molar refractivity (Wildman–Crippen MR) is 118 cm³/mol. The van der Waals surface area contributed by atoms with Gasteiger partial charge in [0.1, 0.15) is 6.54 Å². The predicted octanol–water partition coefficient (Wildman–Crippen LogP) is 3.38. The van der Waals surface area contributed by atoms with E-state index in [9.17, 15) is 19.7 Å². The van der Waals surface area contributed by atoms with Crippen molar-refractivity contribution in [1.29, 1.82) is 0 Å². The van der Waals surface area contributed by atoms with E-state index in [1.165, 1.54) is 18.2 Å². The van der Waals surface area contributed by atoms with E-state index in [-0.39, 0.29) is 30.1 Å². The highest BCUT2D eigenvalue weighted by Crippen LogP contribution is 2.28. The van der Waals surface area contributed by atoms with Gasteiger partial charge >= 0.3 is 0 Å². The van der Waals surface area contributed by atoms with Crippen molar-refractivity contribution >= 4 is 23.6 Å². The van der Waals surface area contributed by atoms with Crippen LogP contribution in [-0.4, -0.2) is 50.2 Å². The molecule has 1 aromatic carbocycles. The van der Waals surface area contributed by atoms with Gasteiger partial charge in [-0.15, -0.1) is 0 Å². The van der Waals surface area contributed by atoms with Crippen molar-refractivity contribution in [3.05, 3.63) is 70.0 Å². The van der Waals surface area contributed by atoms with Crippen molar-refractivity contribution in [3.63, 3.8) is 0 Å². The Morgan fingerprint density at radius 3 is 2.48 bits per heavy atom. The van der Waals surface area contributed by atoms with E-state index in [2.05, 4.69) is 0 Å². The molecule has 8 nitrogen and oxygen atoms in total. The molecule has 0 bridgehead atoms. The normalized spacial score (nSPS) is 13.4. The maximum Gasteiger partial charge on any atom is 0.269 e. The third-order valence-corrected chi connectivity index (χ3v) is 5.35. The zero-order valence-electron chi connectivity index (χ0n) is 17.9. The lowest BCUT2D eigenvalue weighted by atomic mass is 10.2. The number of carbonyl (C=O) groups excluding carboxylic acids is 2. The van der Waals surface area contributed by atoms with E-state index < -0.39 is 4.92 Å². The first kappa shape index (κ1) is 22.3. The SMILES string of the molecule is CCCN(CC(=O)N(Cc1cccn1C)C1CC1)C(=O)/C=C/c1ccc([N+](=O)[O-])cc1. The minimum atomic E-state index is -0.464. The summed E-state index contributed by atoms with van der Waals surface area (Å²) in [6.45, 7) is 3.03. The van der Waals surface area contributed by atoms with Gasteiger partial charge in [0, 0.05) is 49.7 Å². The van der Waals surface area contributed by atoms with Gasteiger partial charge in [-0.2, -0.15) is 0 Å². The first-order chi connectivity index (χ1) is 14.9. The van der Waals surface area contributed by atoms with Crippen LogP contribution in [0, 0.1) is 10.1 Å². The number of nitro benzene ring substituents is 1. The summed E-state index contributed by atoms with van der Waals surface area (Å²) >= 11 is 0. The van der Waals surface area contributed by atoms with Crippen LogP contribution in [-0.2, 0) is 23.2 Å². The van der Waals surface area contributed by atoms with Crippen molar-refractivity contribution in [2.24, 2.45) is 7.05 Å². The Kier molecular flexibility index (Phi) is 7.23. The second-order valence-corrected chi connectivity index (χ2v) is 7.81. The smallest absolute Gasteiger partial charge is 0.269 e. The van der Waals surface area contributed by atoms with E-state index in [0.29, 0.717) is 18.7 Å². The van der Waals surface area contributed by atoms with Crippen LogP contribution in [0.5, 0.6) is 0 Å². The second-order valence-electron chi connectivity index (χ2n) is 7.81. The summed E-state index contributed by atoms with van der Waals surface area (Å²) in [4.78, 5) is 39.5. The molecule has 1 saturated carbocycles. The highest BCUT2D eigenvalue weighted by molar-refractivity contribution is 5.94. The quantitative estimate of drug-likeness (QED) is 0.332. The Hall–Kier alpha value is -3.42. The Bertz CT molecular complexity index is 960. The number of nitrogens with zero attached hydrogens (tertiary/aromatic N) is 4. The maximum atomic E-state index is 13.1. The molecular formula is C23H28N4O4. The van der Waals surface area contributed by atoms with Crippen LogP contribution in [0.15, 0.2) is 48.7 Å². The van der Waals surface area contributed by atoms with Gasteiger partial charge < -0.3 is 14.4 Å². The average Bonchev–Trinajstić information content (AvgIpc) is 3.51. The summed E-state index contributed by atoms with van der Waals surface area (Å²) in [5.41, 5.74) is 1.75. The number of aromatic nitrogens is 1. The van der Waals surface area contributed by atoms with Crippen LogP contribution in [0.1, 0.15) is 37.4 Å². The molecule has 3 rings (SSSR count). The van der Waals surface area contributed by atoms with Crippen LogP contribution in [0.4, 0.5) is 5.69 Å². The molecule has 2 amide bonds. The van der Waals surface area contributed by atoms with Crippen molar-refractivity contribution in [2.45, 2.75) is 38.8 Å². The molecule has 1 aliphatic rings. The van der Waals surface area contributed by atoms with Gasteiger partial charge in [0.15, 0.2) is 0 Å². The summed E-state index contributed by atoms with van der Waals surface area (Å²) in [5, 5.41) is 10.8. The van der Waals surface area contributed by atoms with Crippen LogP contribution >= 0.6 is 0 Å². The minimum absolute atomic E-state index is 0.0000671. The van der Waals surface area contributed by atoms with Crippen molar-refractivity contribution < 1.29 is 14.5 Å². The Morgan fingerprint density at radius 2 is 1.94 bits per heavy atom. The highest BCUT2D eigenvalue weighted by Gasteiger charge is 2.33. The number of nitro groups is 1. The number of benzene rings is 1. The summed E-state index contributed by atoms with van der Waals surface area (Å²) in [5.74, 6) is -0.294. The van der Waals surface area contributed by atoms with Gasteiger partial charge in [0.2, 0.25) is 11.8 Å². The number of amides is 2. The lowest BCUT2D eigenvalue weighted by Gasteiger charge is -2.27. The molecular weight excluding hydrogens is 396 g/mol. The Labute approximate surface area is 181 Å². The molecule has 0 radical (unpaired) electrons. The van der Waals surface area contributed by atoms with Gasteiger partial charge in [-0.25, -0.2) is 0 Å². The van der Waals surface area contributed by atoms with Crippen molar-refractivity contribution in [3.8, 4) is 0 Å². The number of carbonyl (C=O) groups is 2. The monoisotopic (exact) mass is 424 g/mol. The van der Waals surface area contributed by atoms with E-state index in [0.717, 1.165) is 25.0 Å². The molecule has 0 spiro atoms. The standard InChI is InChI=1S/C23H28N4O4/c1-3-14-25(22(28)13-8-18-6-9-20(10-7-18)27(30)31)17-23(29)26(19-11-12-19)16-21-5-4-15-24(21)2/h4-10,13,15,19H,3,11-12,14,16-17H2,1-2H3/b13-8+. The molecule has 0 unspecified atom stereocenters. The first-order valence-corrected chi connectivity index (χ1v) is 10.5. The van der Waals surface area contributed by atoms with E-state index in [1.54, 1.807) is 23.1 Å². The molecule has 1 aliphatic carbocycles. The lowest BCUT2D eigenvalue weighted by molar-refractivity contribution is -0.384. The summed E-state index contributed by atoms with van der Waals surface area (Å²) in [7, 11) is 1.96. The van der Waals surface area contributed by atoms with Crippen LogP contribution in [0.3, 0.4) is 0 Å². The Morgan fingerprint density at radius 1 is 1.23 bits per heavy atom. The van der Waals surface area contributed by atoms with Gasteiger partial charge in [-0.1, -0.05) is 6.92 Å². The van der Waals surface area contributed by atoms with E-state index in [4.69, 9.17) is 0 Å². The fourth-order valence-corrected chi connectivity index (χ4v) is 3.41. The van der Waals surface area contributed by atoms with Crippen LogP contribution in [0.2, 0.25) is 0 Å².